The standard InChI is InChI=1S/C22H46O4S/c1-2-3-4-5-6-7-8-9-10-11-12-13-14-15-16-17-18-19-20-22(21-23)27(24,25)26/h22-23H,2-21H2,1H3,(H,24,25,26). The minimum atomic E-state index is -4.09. The highest BCUT2D eigenvalue weighted by Crippen LogP contribution is 2.15. The molecule has 0 heterocycles. The Balaban J connectivity index is 3.19. The van der Waals surface area contributed by atoms with E-state index in [1.54, 1.807) is 0 Å². The summed E-state index contributed by atoms with van der Waals surface area (Å²) < 4.78 is 30.9. The molecule has 0 aromatic carbocycles. The Kier molecular flexibility index (Phi) is 19.1. The van der Waals surface area contributed by atoms with Crippen molar-refractivity contribution in [3.63, 3.8) is 0 Å². The van der Waals surface area contributed by atoms with E-state index in [1.807, 2.05) is 0 Å². The fourth-order valence-electron chi connectivity index (χ4n) is 3.61. The van der Waals surface area contributed by atoms with Crippen LogP contribution in [-0.4, -0.2) is 29.9 Å². The Morgan fingerprint density at radius 1 is 0.593 bits per heavy atom. The van der Waals surface area contributed by atoms with Crippen LogP contribution in [0.15, 0.2) is 0 Å². The Bertz CT molecular complexity index is 395. The number of rotatable bonds is 21. The van der Waals surface area contributed by atoms with Crippen LogP contribution in [0.25, 0.3) is 0 Å². The molecule has 0 aromatic heterocycles. The molecule has 164 valence electrons. The van der Waals surface area contributed by atoms with Crippen LogP contribution in [0.1, 0.15) is 129 Å². The second-order valence-corrected chi connectivity index (χ2v) is 9.82. The molecule has 0 saturated heterocycles. The van der Waals surface area contributed by atoms with Gasteiger partial charge in [-0.05, 0) is 6.42 Å². The Morgan fingerprint density at radius 3 is 1.15 bits per heavy atom. The van der Waals surface area contributed by atoms with E-state index in [0.717, 1.165) is 19.3 Å². The van der Waals surface area contributed by atoms with Crippen molar-refractivity contribution in [3.05, 3.63) is 0 Å². The summed E-state index contributed by atoms with van der Waals surface area (Å²) in [6.45, 7) is 1.78. The lowest BCUT2D eigenvalue weighted by molar-refractivity contribution is 0.276. The van der Waals surface area contributed by atoms with Crippen LogP contribution in [0.5, 0.6) is 0 Å². The molecule has 0 rings (SSSR count). The largest absolute Gasteiger partial charge is 0.395 e. The van der Waals surface area contributed by atoms with Gasteiger partial charge in [-0.25, -0.2) is 0 Å². The zero-order valence-corrected chi connectivity index (χ0v) is 18.7. The molecule has 0 radical (unpaired) electrons. The van der Waals surface area contributed by atoms with Crippen molar-refractivity contribution < 1.29 is 18.1 Å². The normalized spacial score (nSPS) is 13.1. The molecule has 2 N–H and O–H groups in total. The quantitative estimate of drug-likeness (QED) is 0.165. The summed E-state index contributed by atoms with van der Waals surface area (Å²) >= 11 is 0. The maximum atomic E-state index is 11.0. The first kappa shape index (κ1) is 26.9. The summed E-state index contributed by atoms with van der Waals surface area (Å²) in [5.41, 5.74) is 0. The zero-order chi connectivity index (χ0) is 20.2. The molecule has 0 saturated carbocycles. The van der Waals surface area contributed by atoms with Gasteiger partial charge in [0, 0.05) is 0 Å². The van der Waals surface area contributed by atoms with Crippen LogP contribution in [0.4, 0.5) is 0 Å². The summed E-state index contributed by atoms with van der Waals surface area (Å²) in [6.07, 6.45) is 23.7. The number of aliphatic hydroxyl groups is 1. The minimum absolute atomic E-state index is 0.355. The number of aliphatic hydroxyl groups excluding tert-OH is 1. The SMILES string of the molecule is CCCCCCCCCCCCCCCCCCCCC(CO)S(=O)(=O)O. The van der Waals surface area contributed by atoms with Crippen molar-refractivity contribution >= 4 is 10.1 Å². The predicted octanol–water partition coefficient (Wildman–Crippen LogP) is 6.67. The molecule has 0 spiro atoms. The topological polar surface area (TPSA) is 74.6 Å². The van der Waals surface area contributed by atoms with E-state index in [4.69, 9.17) is 9.66 Å². The molecule has 0 fully saturated rings. The lowest BCUT2D eigenvalue weighted by atomic mass is 10.0. The highest BCUT2D eigenvalue weighted by molar-refractivity contribution is 7.86. The Morgan fingerprint density at radius 2 is 0.889 bits per heavy atom. The van der Waals surface area contributed by atoms with Gasteiger partial charge in [0.15, 0.2) is 0 Å². The highest BCUT2D eigenvalue weighted by Gasteiger charge is 2.20. The molecule has 0 aliphatic rings. The van der Waals surface area contributed by atoms with Crippen LogP contribution in [0.3, 0.4) is 0 Å². The molecule has 5 heteroatoms. The second kappa shape index (κ2) is 19.2. The van der Waals surface area contributed by atoms with Crippen LogP contribution < -0.4 is 0 Å². The molecule has 0 aromatic rings. The molecule has 1 atom stereocenters. The predicted molar refractivity (Wildman–Crippen MR) is 116 cm³/mol. The van der Waals surface area contributed by atoms with Gasteiger partial charge < -0.3 is 5.11 Å². The number of unbranched alkanes of at least 4 members (excludes halogenated alkanes) is 17. The first-order valence-corrected chi connectivity index (χ1v) is 13.1. The van der Waals surface area contributed by atoms with Crippen LogP contribution in [0.2, 0.25) is 0 Å². The third kappa shape index (κ3) is 19.0. The molecular formula is C22H46O4S. The van der Waals surface area contributed by atoms with Gasteiger partial charge in [0.2, 0.25) is 0 Å². The van der Waals surface area contributed by atoms with Crippen LogP contribution in [-0.2, 0) is 10.1 Å². The van der Waals surface area contributed by atoms with Gasteiger partial charge in [-0.1, -0.05) is 122 Å². The average Bonchev–Trinajstić information content (AvgIpc) is 2.62. The maximum Gasteiger partial charge on any atom is 0.270 e. The van der Waals surface area contributed by atoms with Gasteiger partial charge >= 0.3 is 0 Å². The van der Waals surface area contributed by atoms with E-state index in [2.05, 4.69) is 6.92 Å². The summed E-state index contributed by atoms with van der Waals surface area (Å²) in [6, 6.07) is 0. The van der Waals surface area contributed by atoms with E-state index in [0.29, 0.717) is 6.42 Å². The molecule has 0 aliphatic heterocycles. The fourth-order valence-corrected chi connectivity index (χ4v) is 4.26. The summed E-state index contributed by atoms with van der Waals surface area (Å²) in [5.74, 6) is 0. The molecule has 0 amide bonds. The van der Waals surface area contributed by atoms with Crippen LogP contribution >= 0.6 is 0 Å². The van der Waals surface area contributed by atoms with E-state index in [1.165, 1.54) is 96.3 Å². The molecule has 0 bridgehead atoms. The van der Waals surface area contributed by atoms with Gasteiger partial charge in [0.05, 0.1) is 6.61 Å². The van der Waals surface area contributed by atoms with E-state index >= 15 is 0 Å². The monoisotopic (exact) mass is 406 g/mol. The Hall–Kier alpha value is -0.130. The molecule has 0 aliphatic carbocycles. The van der Waals surface area contributed by atoms with Crippen molar-refractivity contribution in [1.82, 2.24) is 0 Å². The summed E-state index contributed by atoms with van der Waals surface area (Å²) in [5, 5.41) is 7.96. The number of hydrogen-bond acceptors (Lipinski definition) is 3. The van der Waals surface area contributed by atoms with Crippen molar-refractivity contribution in [2.45, 2.75) is 134 Å². The van der Waals surface area contributed by atoms with Gasteiger partial charge in [0.1, 0.15) is 5.25 Å². The van der Waals surface area contributed by atoms with Gasteiger partial charge in [-0.3, -0.25) is 4.55 Å². The summed E-state index contributed by atoms with van der Waals surface area (Å²) in [7, 11) is -4.09. The molecule has 1 unspecified atom stereocenters. The second-order valence-electron chi connectivity index (χ2n) is 8.12. The maximum absolute atomic E-state index is 11.0. The van der Waals surface area contributed by atoms with E-state index in [-0.39, 0.29) is 0 Å². The fraction of sp³-hybridized carbons (Fsp3) is 1.00. The highest BCUT2D eigenvalue weighted by atomic mass is 32.2. The lowest BCUT2D eigenvalue weighted by Gasteiger charge is -2.10. The molecule has 27 heavy (non-hydrogen) atoms. The molecule has 4 nitrogen and oxygen atoms in total. The smallest absolute Gasteiger partial charge is 0.270 e. The van der Waals surface area contributed by atoms with Crippen molar-refractivity contribution in [2.24, 2.45) is 0 Å². The van der Waals surface area contributed by atoms with Gasteiger partial charge in [-0.2, -0.15) is 8.42 Å². The third-order valence-corrected chi connectivity index (χ3v) is 6.73. The third-order valence-electron chi connectivity index (χ3n) is 5.50. The average molecular weight is 407 g/mol. The van der Waals surface area contributed by atoms with Crippen molar-refractivity contribution in [2.75, 3.05) is 6.61 Å². The van der Waals surface area contributed by atoms with E-state index < -0.39 is 22.0 Å². The van der Waals surface area contributed by atoms with Gasteiger partial charge in [0.25, 0.3) is 10.1 Å². The van der Waals surface area contributed by atoms with Gasteiger partial charge in [-0.15, -0.1) is 0 Å². The minimum Gasteiger partial charge on any atom is -0.395 e. The van der Waals surface area contributed by atoms with Crippen molar-refractivity contribution in [1.29, 1.82) is 0 Å². The van der Waals surface area contributed by atoms with Crippen LogP contribution in [0, 0.1) is 0 Å². The van der Waals surface area contributed by atoms with E-state index in [9.17, 15) is 8.42 Å². The zero-order valence-electron chi connectivity index (χ0n) is 17.8. The first-order valence-electron chi connectivity index (χ1n) is 11.6. The first-order chi connectivity index (χ1) is 13.0. The lowest BCUT2D eigenvalue weighted by Crippen LogP contribution is -2.24. The summed E-state index contributed by atoms with van der Waals surface area (Å²) in [4.78, 5) is 0. The molecular weight excluding hydrogens is 360 g/mol. The Labute approximate surface area is 169 Å². The number of hydrogen-bond donors (Lipinski definition) is 2. The van der Waals surface area contributed by atoms with Crippen molar-refractivity contribution in [3.8, 4) is 0 Å².